The Morgan fingerprint density at radius 3 is 2.64 bits per heavy atom. The fraction of sp³-hybridized carbons (Fsp3) is 0.273. The van der Waals surface area contributed by atoms with E-state index in [0.717, 1.165) is 27.0 Å². The zero-order valence-electron chi connectivity index (χ0n) is 15.3. The molecule has 3 aromatic rings. The molecule has 1 saturated heterocycles. The molecule has 3 heterocycles. The van der Waals surface area contributed by atoms with E-state index in [4.69, 9.17) is 4.74 Å². The number of amides is 1. The topological polar surface area (TPSA) is 47.4 Å². The molecule has 5 rings (SSSR count). The molecule has 1 aromatic heterocycles. The number of halogens is 1. The van der Waals surface area contributed by atoms with Crippen LogP contribution >= 0.6 is 15.9 Å². The van der Waals surface area contributed by atoms with Gasteiger partial charge in [-0.3, -0.25) is 4.79 Å². The number of imidazole rings is 1. The molecule has 6 heteroatoms. The molecule has 1 fully saturated rings. The third kappa shape index (κ3) is 2.63. The Labute approximate surface area is 172 Å². The lowest BCUT2D eigenvalue weighted by Gasteiger charge is -2.36. The number of hydrogen-bond donors (Lipinski definition) is 0. The molecule has 0 spiro atoms. The number of carbonyl (C=O) groups excluding carboxylic acids is 1. The summed E-state index contributed by atoms with van der Waals surface area (Å²) in [6.07, 6.45) is 4.16. The van der Waals surface area contributed by atoms with Gasteiger partial charge in [0.25, 0.3) is 0 Å². The number of fused-ring (bicyclic) bond motifs is 3. The van der Waals surface area contributed by atoms with Gasteiger partial charge >= 0.3 is 0 Å². The number of rotatable bonds is 3. The SMILES string of the molecule is O=C(CC1(c2ccc(Br)cc2)c2ccccc2-c2nccn21)N1CCOCC1. The molecule has 0 bridgehead atoms. The molecule has 28 heavy (non-hydrogen) atoms. The van der Waals surface area contributed by atoms with Crippen molar-refractivity contribution < 1.29 is 9.53 Å². The van der Waals surface area contributed by atoms with Gasteiger partial charge in [-0.15, -0.1) is 0 Å². The maximum absolute atomic E-state index is 13.4. The monoisotopic (exact) mass is 437 g/mol. The zero-order chi connectivity index (χ0) is 19.1. The Kier molecular flexibility index (Phi) is 4.33. The van der Waals surface area contributed by atoms with E-state index >= 15 is 0 Å². The molecule has 2 aromatic carbocycles. The van der Waals surface area contributed by atoms with E-state index in [2.05, 4.69) is 49.7 Å². The first-order valence-electron chi connectivity index (χ1n) is 9.45. The Bertz CT molecular complexity index is 1020. The van der Waals surface area contributed by atoms with Gasteiger partial charge in [0.1, 0.15) is 11.4 Å². The minimum atomic E-state index is -0.599. The second kappa shape index (κ2) is 6.87. The van der Waals surface area contributed by atoms with Gasteiger partial charge in [-0.25, -0.2) is 4.98 Å². The van der Waals surface area contributed by atoms with Crippen LogP contribution in [0.1, 0.15) is 17.5 Å². The lowest BCUT2D eigenvalue weighted by atomic mass is 9.79. The molecule has 0 aliphatic carbocycles. The van der Waals surface area contributed by atoms with Crippen LogP contribution in [0.5, 0.6) is 0 Å². The molecule has 0 saturated carbocycles. The average Bonchev–Trinajstić information content (AvgIpc) is 3.32. The van der Waals surface area contributed by atoms with E-state index in [9.17, 15) is 4.79 Å². The van der Waals surface area contributed by atoms with Crippen molar-refractivity contribution in [1.82, 2.24) is 14.5 Å². The van der Waals surface area contributed by atoms with Crippen molar-refractivity contribution in [2.75, 3.05) is 26.3 Å². The van der Waals surface area contributed by atoms with Crippen molar-refractivity contribution in [2.45, 2.75) is 12.0 Å². The number of aromatic nitrogens is 2. The highest BCUT2D eigenvalue weighted by Crippen LogP contribution is 2.49. The summed E-state index contributed by atoms with van der Waals surface area (Å²) in [5.74, 6) is 1.05. The Morgan fingerprint density at radius 2 is 1.86 bits per heavy atom. The van der Waals surface area contributed by atoms with E-state index in [1.165, 1.54) is 0 Å². The number of hydrogen-bond acceptors (Lipinski definition) is 3. The molecule has 5 nitrogen and oxygen atoms in total. The van der Waals surface area contributed by atoms with Crippen molar-refractivity contribution in [1.29, 1.82) is 0 Å². The normalized spacial score (nSPS) is 20.7. The number of ether oxygens (including phenoxy) is 1. The van der Waals surface area contributed by atoms with Crippen LogP contribution in [0.25, 0.3) is 11.4 Å². The molecule has 2 aliphatic heterocycles. The summed E-state index contributed by atoms with van der Waals surface area (Å²) in [6.45, 7) is 2.50. The first kappa shape index (κ1) is 17.6. The van der Waals surface area contributed by atoms with E-state index in [-0.39, 0.29) is 5.91 Å². The summed E-state index contributed by atoms with van der Waals surface area (Å²) in [4.78, 5) is 19.9. The summed E-state index contributed by atoms with van der Waals surface area (Å²) >= 11 is 3.53. The van der Waals surface area contributed by atoms with Gasteiger partial charge in [-0.1, -0.05) is 52.3 Å². The van der Waals surface area contributed by atoms with Gasteiger partial charge in [-0.2, -0.15) is 0 Å². The molecule has 1 atom stereocenters. The quantitative estimate of drug-likeness (QED) is 0.627. The fourth-order valence-electron chi connectivity index (χ4n) is 4.43. The van der Waals surface area contributed by atoms with Crippen LogP contribution in [0, 0.1) is 0 Å². The van der Waals surface area contributed by atoms with Crippen LogP contribution in [0.3, 0.4) is 0 Å². The van der Waals surface area contributed by atoms with E-state index in [1.54, 1.807) is 0 Å². The van der Waals surface area contributed by atoms with Gasteiger partial charge in [0.05, 0.1) is 19.6 Å². The van der Waals surface area contributed by atoms with E-state index in [0.29, 0.717) is 32.7 Å². The van der Waals surface area contributed by atoms with Crippen LogP contribution in [0.4, 0.5) is 0 Å². The van der Waals surface area contributed by atoms with E-state index < -0.39 is 5.54 Å². The summed E-state index contributed by atoms with van der Waals surface area (Å²) in [5, 5.41) is 0. The number of morpholine rings is 1. The Morgan fingerprint density at radius 1 is 1.11 bits per heavy atom. The summed E-state index contributed by atoms with van der Waals surface area (Å²) in [6, 6.07) is 16.6. The summed E-state index contributed by atoms with van der Waals surface area (Å²) < 4.78 is 8.61. The fourth-order valence-corrected chi connectivity index (χ4v) is 4.69. The van der Waals surface area contributed by atoms with Crippen molar-refractivity contribution >= 4 is 21.8 Å². The van der Waals surface area contributed by atoms with Crippen LogP contribution in [-0.2, 0) is 15.1 Å². The molecule has 142 valence electrons. The standard InChI is InChI=1S/C22H20BrN3O2/c23-17-7-5-16(6-8-17)22(15-20(27)25-11-13-28-14-12-25)19-4-2-1-3-18(19)21-24-9-10-26(21)22/h1-10H,11-15H2. The number of benzene rings is 2. The van der Waals surface area contributed by atoms with Crippen LogP contribution < -0.4 is 0 Å². The third-order valence-corrected chi connectivity index (χ3v) is 6.29. The molecule has 1 unspecified atom stereocenters. The van der Waals surface area contributed by atoms with Gasteiger partial charge < -0.3 is 14.2 Å². The maximum atomic E-state index is 13.4. The van der Waals surface area contributed by atoms with Crippen molar-refractivity contribution in [3.8, 4) is 11.4 Å². The van der Waals surface area contributed by atoms with Gasteiger partial charge in [0.2, 0.25) is 5.91 Å². The minimum absolute atomic E-state index is 0.141. The van der Waals surface area contributed by atoms with Gasteiger partial charge in [0.15, 0.2) is 0 Å². The summed E-state index contributed by atoms with van der Waals surface area (Å²) in [7, 11) is 0. The van der Waals surface area contributed by atoms with Crippen molar-refractivity contribution in [3.63, 3.8) is 0 Å². The first-order chi connectivity index (χ1) is 13.7. The van der Waals surface area contributed by atoms with Crippen molar-refractivity contribution in [2.24, 2.45) is 0 Å². The summed E-state index contributed by atoms with van der Waals surface area (Å²) in [5.41, 5.74) is 2.70. The van der Waals surface area contributed by atoms with Crippen LogP contribution in [0.15, 0.2) is 65.4 Å². The first-order valence-corrected chi connectivity index (χ1v) is 10.2. The second-order valence-corrected chi connectivity index (χ2v) is 8.12. The highest BCUT2D eigenvalue weighted by Gasteiger charge is 2.47. The molecular formula is C22H20BrN3O2. The second-order valence-electron chi connectivity index (χ2n) is 7.20. The molecular weight excluding hydrogens is 418 g/mol. The number of nitrogens with zero attached hydrogens (tertiary/aromatic N) is 3. The lowest BCUT2D eigenvalue weighted by molar-refractivity contribution is -0.136. The predicted octanol–water partition coefficient (Wildman–Crippen LogP) is 3.67. The van der Waals surface area contributed by atoms with Crippen LogP contribution in [-0.4, -0.2) is 46.7 Å². The van der Waals surface area contributed by atoms with Crippen molar-refractivity contribution in [3.05, 3.63) is 76.5 Å². The third-order valence-electron chi connectivity index (χ3n) is 5.76. The molecule has 1 amide bonds. The Balaban J connectivity index is 1.68. The number of carbonyl (C=O) groups is 1. The predicted molar refractivity (Wildman–Crippen MR) is 110 cm³/mol. The largest absolute Gasteiger partial charge is 0.378 e. The maximum Gasteiger partial charge on any atom is 0.225 e. The van der Waals surface area contributed by atoms with Crippen LogP contribution in [0.2, 0.25) is 0 Å². The Hall–Kier alpha value is -2.44. The molecule has 0 radical (unpaired) electrons. The zero-order valence-corrected chi connectivity index (χ0v) is 16.9. The minimum Gasteiger partial charge on any atom is -0.378 e. The smallest absolute Gasteiger partial charge is 0.225 e. The lowest BCUT2D eigenvalue weighted by Crippen LogP contribution is -2.45. The highest BCUT2D eigenvalue weighted by molar-refractivity contribution is 9.10. The molecule has 0 N–H and O–H groups in total. The highest BCUT2D eigenvalue weighted by atomic mass is 79.9. The van der Waals surface area contributed by atoms with Gasteiger partial charge in [0, 0.05) is 35.5 Å². The van der Waals surface area contributed by atoms with Gasteiger partial charge in [-0.05, 0) is 23.3 Å². The molecule has 2 aliphatic rings. The average molecular weight is 438 g/mol. The van der Waals surface area contributed by atoms with E-state index in [1.807, 2.05) is 41.6 Å².